The molecule has 110 valence electrons. The second-order valence-electron chi connectivity index (χ2n) is 5.16. The van der Waals surface area contributed by atoms with Crippen molar-refractivity contribution >= 4 is 5.91 Å². The van der Waals surface area contributed by atoms with Crippen LogP contribution in [0.25, 0.3) is 0 Å². The number of piperazine rings is 1. The molecule has 1 N–H and O–H groups in total. The van der Waals surface area contributed by atoms with E-state index in [1.165, 1.54) is 0 Å². The van der Waals surface area contributed by atoms with Gasteiger partial charge in [-0.1, -0.05) is 13.8 Å². The van der Waals surface area contributed by atoms with Crippen molar-refractivity contribution in [2.45, 2.75) is 38.8 Å². The lowest BCUT2D eigenvalue weighted by atomic mass is 10.0. The van der Waals surface area contributed by atoms with E-state index < -0.39 is 17.5 Å². The van der Waals surface area contributed by atoms with Crippen molar-refractivity contribution in [1.29, 1.82) is 0 Å². The molecule has 20 heavy (non-hydrogen) atoms. The van der Waals surface area contributed by atoms with E-state index >= 15 is 0 Å². The monoisotopic (exact) mass is 282 g/mol. The molecule has 0 saturated carbocycles. The third-order valence-corrected chi connectivity index (χ3v) is 3.88. The van der Waals surface area contributed by atoms with Crippen molar-refractivity contribution < 1.29 is 13.6 Å². The number of hydrogen-bond acceptors (Lipinski definition) is 2. The Labute approximate surface area is 118 Å². The van der Waals surface area contributed by atoms with Crippen LogP contribution in [0.15, 0.2) is 18.2 Å². The maximum Gasteiger partial charge on any atom is 0.257 e. The van der Waals surface area contributed by atoms with Crippen LogP contribution in [-0.2, 0) is 0 Å². The van der Waals surface area contributed by atoms with E-state index in [1.54, 1.807) is 4.90 Å². The number of hydrogen-bond donors (Lipinski definition) is 1. The number of carbonyl (C=O) groups is 1. The molecule has 0 aliphatic carbocycles. The maximum atomic E-state index is 13.8. The number of nitrogens with zero attached hydrogens (tertiary/aromatic N) is 1. The first-order valence-corrected chi connectivity index (χ1v) is 7.06. The van der Waals surface area contributed by atoms with Gasteiger partial charge in [0.25, 0.3) is 5.91 Å². The summed E-state index contributed by atoms with van der Waals surface area (Å²) in [5.41, 5.74) is -0.180. The summed E-state index contributed by atoms with van der Waals surface area (Å²) in [6, 6.07) is 3.23. The highest BCUT2D eigenvalue weighted by molar-refractivity contribution is 5.94. The van der Waals surface area contributed by atoms with Crippen molar-refractivity contribution in [3.63, 3.8) is 0 Å². The van der Waals surface area contributed by atoms with E-state index in [0.717, 1.165) is 31.0 Å². The third kappa shape index (κ3) is 2.98. The Morgan fingerprint density at radius 2 is 2.10 bits per heavy atom. The van der Waals surface area contributed by atoms with Gasteiger partial charge in [0.15, 0.2) is 0 Å². The van der Waals surface area contributed by atoms with Crippen molar-refractivity contribution in [2.75, 3.05) is 13.1 Å². The van der Waals surface area contributed by atoms with Gasteiger partial charge in [-0.15, -0.1) is 0 Å². The average Bonchev–Trinajstić information content (AvgIpc) is 2.48. The van der Waals surface area contributed by atoms with Gasteiger partial charge in [-0.3, -0.25) is 4.79 Å². The first kappa shape index (κ1) is 14.9. The van der Waals surface area contributed by atoms with Gasteiger partial charge in [0.05, 0.1) is 5.56 Å². The molecule has 1 saturated heterocycles. The highest BCUT2D eigenvalue weighted by atomic mass is 19.1. The minimum Gasteiger partial charge on any atom is -0.333 e. The summed E-state index contributed by atoms with van der Waals surface area (Å²) in [6.45, 7) is 5.25. The molecule has 5 heteroatoms. The van der Waals surface area contributed by atoms with Crippen LogP contribution in [-0.4, -0.2) is 36.0 Å². The zero-order valence-electron chi connectivity index (χ0n) is 11.8. The first-order chi connectivity index (χ1) is 9.56. The van der Waals surface area contributed by atoms with E-state index in [1.807, 2.05) is 13.8 Å². The molecule has 0 radical (unpaired) electrons. The molecule has 1 aliphatic heterocycles. The first-order valence-electron chi connectivity index (χ1n) is 7.06. The van der Waals surface area contributed by atoms with E-state index in [-0.39, 0.29) is 17.6 Å². The summed E-state index contributed by atoms with van der Waals surface area (Å²) in [6.07, 6.45) is 1.68. The number of nitrogens with one attached hydrogen (secondary N) is 1. The zero-order chi connectivity index (χ0) is 14.7. The Kier molecular flexibility index (Phi) is 4.70. The van der Waals surface area contributed by atoms with Gasteiger partial charge in [-0.05, 0) is 31.0 Å². The van der Waals surface area contributed by atoms with E-state index in [4.69, 9.17) is 0 Å². The number of halogens is 2. The van der Waals surface area contributed by atoms with Crippen LogP contribution in [0.3, 0.4) is 0 Å². The van der Waals surface area contributed by atoms with Crippen molar-refractivity contribution in [3.05, 3.63) is 35.4 Å². The standard InChI is InChI=1S/C15H20F2N2O/c1-3-11-9-19(12(4-2)8-18-11)15(20)13-7-10(16)5-6-14(13)17/h5-7,11-12,18H,3-4,8-9H2,1-2H3. The number of carbonyl (C=O) groups excluding carboxylic acids is 1. The van der Waals surface area contributed by atoms with Crippen LogP contribution in [0.4, 0.5) is 8.78 Å². The molecular formula is C15H20F2N2O. The van der Waals surface area contributed by atoms with Gasteiger partial charge in [-0.2, -0.15) is 0 Å². The van der Waals surface area contributed by atoms with Crippen LogP contribution in [0.2, 0.25) is 0 Å². The SMILES string of the molecule is CCC1CN(C(=O)c2cc(F)ccc2F)C(CC)CN1. The predicted octanol–water partition coefficient (Wildman–Crippen LogP) is 2.57. The maximum absolute atomic E-state index is 13.8. The molecular weight excluding hydrogens is 262 g/mol. The van der Waals surface area contributed by atoms with Gasteiger partial charge in [0.2, 0.25) is 0 Å². The Bertz CT molecular complexity index is 493. The van der Waals surface area contributed by atoms with Crippen LogP contribution in [0.5, 0.6) is 0 Å². The van der Waals surface area contributed by atoms with Gasteiger partial charge in [0.1, 0.15) is 11.6 Å². The van der Waals surface area contributed by atoms with Crippen LogP contribution in [0.1, 0.15) is 37.0 Å². The van der Waals surface area contributed by atoms with Gasteiger partial charge in [-0.25, -0.2) is 8.78 Å². The molecule has 2 atom stereocenters. The Hall–Kier alpha value is -1.49. The number of amides is 1. The molecule has 3 nitrogen and oxygen atoms in total. The fourth-order valence-corrected chi connectivity index (χ4v) is 2.57. The second-order valence-corrected chi connectivity index (χ2v) is 5.16. The molecule has 1 heterocycles. The van der Waals surface area contributed by atoms with Gasteiger partial charge >= 0.3 is 0 Å². The summed E-state index contributed by atoms with van der Waals surface area (Å²) in [4.78, 5) is 14.2. The van der Waals surface area contributed by atoms with E-state index in [2.05, 4.69) is 5.32 Å². The minimum absolute atomic E-state index is 0.0213. The fourth-order valence-electron chi connectivity index (χ4n) is 2.57. The predicted molar refractivity (Wildman–Crippen MR) is 73.6 cm³/mol. The summed E-state index contributed by atoms with van der Waals surface area (Å²) in [5.74, 6) is -1.68. The van der Waals surface area contributed by atoms with Crippen LogP contribution >= 0.6 is 0 Å². The molecule has 0 bridgehead atoms. The lowest BCUT2D eigenvalue weighted by Crippen LogP contribution is -2.58. The molecule has 1 aliphatic rings. The largest absolute Gasteiger partial charge is 0.333 e. The average molecular weight is 282 g/mol. The molecule has 1 aromatic rings. The lowest BCUT2D eigenvalue weighted by Gasteiger charge is -2.40. The van der Waals surface area contributed by atoms with Crippen molar-refractivity contribution in [1.82, 2.24) is 10.2 Å². The molecule has 0 spiro atoms. The summed E-state index contributed by atoms with van der Waals surface area (Å²) < 4.78 is 27.0. The Morgan fingerprint density at radius 1 is 1.35 bits per heavy atom. The van der Waals surface area contributed by atoms with Gasteiger partial charge in [0, 0.05) is 25.2 Å². The zero-order valence-corrected chi connectivity index (χ0v) is 11.8. The van der Waals surface area contributed by atoms with E-state index in [9.17, 15) is 13.6 Å². The van der Waals surface area contributed by atoms with Crippen LogP contribution < -0.4 is 5.32 Å². The second kappa shape index (κ2) is 6.31. The molecule has 2 rings (SSSR count). The highest BCUT2D eigenvalue weighted by Crippen LogP contribution is 2.18. The van der Waals surface area contributed by atoms with Crippen molar-refractivity contribution in [3.8, 4) is 0 Å². The molecule has 2 unspecified atom stereocenters. The molecule has 1 aromatic carbocycles. The molecule has 1 fully saturated rings. The van der Waals surface area contributed by atoms with Crippen molar-refractivity contribution in [2.24, 2.45) is 0 Å². The quantitative estimate of drug-likeness (QED) is 0.924. The molecule has 1 amide bonds. The van der Waals surface area contributed by atoms with E-state index in [0.29, 0.717) is 13.1 Å². The Morgan fingerprint density at radius 3 is 2.75 bits per heavy atom. The third-order valence-electron chi connectivity index (χ3n) is 3.88. The smallest absolute Gasteiger partial charge is 0.257 e. The number of benzene rings is 1. The minimum atomic E-state index is -0.669. The normalized spacial score (nSPS) is 22.9. The highest BCUT2D eigenvalue weighted by Gasteiger charge is 2.31. The summed E-state index contributed by atoms with van der Waals surface area (Å²) in [5, 5.41) is 3.37. The number of rotatable bonds is 3. The molecule has 0 aromatic heterocycles. The fraction of sp³-hybridized carbons (Fsp3) is 0.533. The summed E-state index contributed by atoms with van der Waals surface area (Å²) >= 11 is 0. The summed E-state index contributed by atoms with van der Waals surface area (Å²) in [7, 11) is 0. The Balaban J connectivity index is 2.26. The van der Waals surface area contributed by atoms with Crippen LogP contribution in [0, 0.1) is 11.6 Å². The van der Waals surface area contributed by atoms with Gasteiger partial charge < -0.3 is 10.2 Å². The lowest BCUT2D eigenvalue weighted by molar-refractivity contribution is 0.0570. The topological polar surface area (TPSA) is 32.3 Å².